The molecule has 0 saturated carbocycles. The highest BCUT2D eigenvalue weighted by atomic mass is 32.1. The van der Waals surface area contributed by atoms with Crippen LogP contribution in [0.3, 0.4) is 0 Å². The smallest absolute Gasteiger partial charge is 0.325 e. The molecule has 0 unspecified atom stereocenters. The maximum Gasteiger partial charge on any atom is 0.325 e. The van der Waals surface area contributed by atoms with Crippen LogP contribution in [0.4, 0.5) is 0 Å². The molecule has 0 aromatic carbocycles. The molecule has 0 aliphatic heterocycles. The van der Waals surface area contributed by atoms with Gasteiger partial charge in [0.2, 0.25) is 0 Å². The lowest BCUT2D eigenvalue weighted by Gasteiger charge is -2.07. The van der Waals surface area contributed by atoms with Crippen LogP contribution >= 0.6 is 11.5 Å². The number of amides is 1. The molecule has 1 rings (SSSR count). The molecule has 1 aromatic heterocycles. The summed E-state index contributed by atoms with van der Waals surface area (Å²) >= 11 is 0.970. The number of carbonyl (C=O) groups excluding carboxylic acids is 1. The number of nitrogens with one attached hydrogen (secondary N) is 1. The Morgan fingerprint density at radius 2 is 2.27 bits per heavy atom. The molecule has 0 saturated heterocycles. The molecule has 1 heterocycles. The minimum Gasteiger partial charge on any atom is -0.480 e. The molecule has 0 aliphatic carbocycles. The predicted molar refractivity (Wildman–Crippen MR) is 53.9 cm³/mol. The molecular formula is C8H11N3O3S. The van der Waals surface area contributed by atoms with E-state index in [0.29, 0.717) is 17.0 Å². The van der Waals surface area contributed by atoms with Crippen molar-refractivity contribution in [2.75, 3.05) is 0 Å². The van der Waals surface area contributed by atoms with Gasteiger partial charge in [0.05, 0.1) is 5.69 Å². The van der Waals surface area contributed by atoms with E-state index < -0.39 is 17.9 Å². The summed E-state index contributed by atoms with van der Waals surface area (Å²) in [4.78, 5) is 22.5. The SMILES string of the molecule is CCc1nnsc1C(=O)N[C@H](C)C(=O)O. The van der Waals surface area contributed by atoms with Gasteiger partial charge in [0, 0.05) is 0 Å². The van der Waals surface area contributed by atoms with Gasteiger partial charge in [-0.3, -0.25) is 9.59 Å². The summed E-state index contributed by atoms with van der Waals surface area (Å²) in [5.41, 5.74) is 0.593. The van der Waals surface area contributed by atoms with Crippen molar-refractivity contribution in [3.63, 3.8) is 0 Å². The monoisotopic (exact) mass is 229 g/mol. The molecule has 6 nitrogen and oxygen atoms in total. The van der Waals surface area contributed by atoms with Gasteiger partial charge >= 0.3 is 5.97 Å². The molecule has 0 fully saturated rings. The number of rotatable bonds is 4. The summed E-state index contributed by atoms with van der Waals surface area (Å²) in [7, 11) is 0. The Morgan fingerprint density at radius 1 is 1.60 bits per heavy atom. The average molecular weight is 229 g/mol. The summed E-state index contributed by atoms with van der Waals surface area (Å²) in [6.07, 6.45) is 0.598. The fraction of sp³-hybridized carbons (Fsp3) is 0.500. The van der Waals surface area contributed by atoms with E-state index in [1.54, 1.807) is 0 Å². The van der Waals surface area contributed by atoms with Gasteiger partial charge in [0.1, 0.15) is 10.9 Å². The van der Waals surface area contributed by atoms with Crippen LogP contribution in [-0.2, 0) is 11.2 Å². The van der Waals surface area contributed by atoms with Gasteiger partial charge < -0.3 is 10.4 Å². The lowest BCUT2D eigenvalue weighted by molar-refractivity contribution is -0.138. The maximum absolute atomic E-state index is 11.6. The van der Waals surface area contributed by atoms with E-state index in [9.17, 15) is 9.59 Å². The van der Waals surface area contributed by atoms with Gasteiger partial charge in [-0.25, -0.2) is 0 Å². The molecule has 15 heavy (non-hydrogen) atoms. The van der Waals surface area contributed by atoms with Crippen LogP contribution in [0.5, 0.6) is 0 Å². The summed E-state index contributed by atoms with van der Waals surface area (Å²) < 4.78 is 3.65. The van der Waals surface area contributed by atoms with Gasteiger partial charge in [-0.1, -0.05) is 11.4 Å². The topological polar surface area (TPSA) is 92.2 Å². The van der Waals surface area contributed by atoms with E-state index >= 15 is 0 Å². The minimum absolute atomic E-state index is 0.380. The van der Waals surface area contributed by atoms with E-state index in [2.05, 4.69) is 14.9 Å². The number of nitrogens with zero attached hydrogens (tertiary/aromatic N) is 2. The van der Waals surface area contributed by atoms with Crippen molar-refractivity contribution in [3.8, 4) is 0 Å². The quantitative estimate of drug-likeness (QED) is 0.774. The first-order chi connectivity index (χ1) is 7.06. The number of carbonyl (C=O) groups is 2. The van der Waals surface area contributed by atoms with Crippen molar-refractivity contribution >= 4 is 23.4 Å². The Kier molecular flexibility index (Phi) is 3.73. The van der Waals surface area contributed by atoms with Crippen molar-refractivity contribution in [3.05, 3.63) is 10.6 Å². The Balaban J connectivity index is 2.73. The molecule has 2 N–H and O–H groups in total. The lowest BCUT2D eigenvalue weighted by atomic mass is 10.2. The first-order valence-corrected chi connectivity index (χ1v) is 5.18. The summed E-state index contributed by atoms with van der Waals surface area (Å²) in [6.45, 7) is 3.26. The molecule has 7 heteroatoms. The maximum atomic E-state index is 11.6. The summed E-state index contributed by atoms with van der Waals surface area (Å²) in [5.74, 6) is -1.50. The highest BCUT2D eigenvalue weighted by molar-refractivity contribution is 7.08. The fourth-order valence-electron chi connectivity index (χ4n) is 0.936. The van der Waals surface area contributed by atoms with Crippen molar-refractivity contribution in [1.29, 1.82) is 0 Å². The van der Waals surface area contributed by atoms with Crippen LogP contribution in [0.25, 0.3) is 0 Å². The van der Waals surface area contributed by atoms with Crippen LogP contribution in [-0.4, -0.2) is 32.6 Å². The number of aryl methyl sites for hydroxylation is 1. The van der Waals surface area contributed by atoms with E-state index in [0.717, 1.165) is 11.5 Å². The molecule has 0 spiro atoms. The van der Waals surface area contributed by atoms with Crippen LogP contribution in [0.1, 0.15) is 29.2 Å². The zero-order valence-corrected chi connectivity index (χ0v) is 9.17. The second kappa shape index (κ2) is 4.83. The number of hydrogen-bond acceptors (Lipinski definition) is 5. The van der Waals surface area contributed by atoms with Crippen molar-refractivity contribution in [1.82, 2.24) is 14.9 Å². The first kappa shape index (κ1) is 11.6. The largest absolute Gasteiger partial charge is 0.480 e. The number of hydrogen-bond donors (Lipinski definition) is 2. The van der Waals surface area contributed by atoms with Crippen LogP contribution in [0, 0.1) is 0 Å². The Labute approximate surface area is 90.5 Å². The van der Waals surface area contributed by atoms with Crippen LogP contribution in [0.2, 0.25) is 0 Å². The standard InChI is InChI=1S/C8H11N3O3S/c1-3-5-6(15-11-10-5)7(12)9-4(2)8(13)14/h4H,3H2,1-2H3,(H,9,12)(H,13,14)/t4-/m1/s1. The van der Waals surface area contributed by atoms with Crippen molar-refractivity contribution in [2.45, 2.75) is 26.3 Å². The molecule has 1 aromatic rings. The third kappa shape index (κ3) is 2.72. The highest BCUT2D eigenvalue weighted by Crippen LogP contribution is 2.10. The second-order valence-electron chi connectivity index (χ2n) is 2.94. The van der Waals surface area contributed by atoms with E-state index in [1.165, 1.54) is 6.92 Å². The minimum atomic E-state index is -1.07. The van der Waals surface area contributed by atoms with Gasteiger partial charge in [0.15, 0.2) is 0 Å². The molecule has 1 atom stereocenters. The Hall–Kier alpha value is -1.50. The molecule has 0 radical (unpaired) electrons. The van der Waals surface area contributed by atoms with Gasteiger partial charge in [0.25, 0.3) is 5.91 Å². The van der Waals surface area contributed by atoms with Crippen LogP contribution < -0.4 is 5.32 Å². The third-order valence-corrected chi connectivity index (χ3v) is 2.58. The second-order valence-corrected chi connectivity index (χ2v) is 3.69. The number of carboxylic acid groups (broad SMARTS) is 1. The number of aliphatic carboxylic acids is 1. The molecular weight excluding hydrogens is 218 g/mol. The lowest BCUT2D eigenvalue weighted by Crippen LogP contribution is -2.38. The molecule has 1 amide bonds. The molecule has 0 bridgehead atoms. The van der Waals surface area contributed by atoms with Crippen molar-refractivity contribution in [2.24, 2.45) is 0 Å². The zero-order chi connectivity index (χ0) is 11.4. The Morgan fingerprint density at radius 3 is 2.80 bits per heavy atom. The molecule has 82 valence electrons. The Bertz CT molecular complexity index is 377. The number of aromatic nitrogens is 2. The highest BCUT2D eigenvalue weighted by Gasteiger charge is 2.19. The van der Waals surface area contributed by atoms with E-state index in [4.69, 9.17) is 5.11 Å². The van der Waals surface area contributed by atoms with Crippen molar-refractivity contribution < 1.29 is 14.7 Å². The van der Waals surface area contributed by atoms with Crippen LogP contribution in [0.15, 0.2) is 0 Å². The third-order valence-electron chi connectivity index (χ3n) is 1.81. The first-order valence-electron chi connectivity index (χ1n) is 4.41. The zero-order valence-electron chi connectivity index (χ0n) is 8.35. The predicted octanol–water partition coefficient (Wildman–Crippen LogP) is 0.303. The van der Waals surface area contributed by atoms with E-state index in [-0.39, 0.29) is 0 Å². The summed E-state index contributed by atoms with van der Waals surface area (Å²) in [5, 5.41) is 14.7. The van der Waals surface area contributed by atoms with E-state index in [1.807, 2.05) is 6.92 Å². The summed E-state index contributed by atoms with van der Waals surface area (Å²) in [6, 6.07) is -0.913. The normalized spacial score (nSPS) is 12.1. The van der Waals surface area contributed by atoms with Gasteiger partial charge in [-0.15, -0.1) is 5.10 Å². The molecule has 0 aliphatic rings. The number of carboxylic acids is 1. The van der Waals surface area contributed by atoms with Gasteiger partial charge in [-0.05, 0) is 24.9 Å². The fourth-order valence-corrected chi connectivity index (χ4v) is 1.59. The van der Waals surface area contributed by atoms with Gasteiger partial charge in [-0.2, -0.15) is 0 Å². The average Bonchev–Trinajstić information content (AvgIpc) is 2.64.